The second-order valence-electron chi connectivity index (χ2n) is 4.76. The van der Waals surface area contributed by atoms with Gasteiger partial charge in [0.15, 0.2) is 0 Å². The molecule has 0 amide bonds. The maximum atomic E-state index is 12.0. The smallest absolute Gasteiger partial charge is 0.327 e. The van der Waals surface area contributed by atoms with Crippen LogP contribution in [-0.4, -0.2) is 26.2 Å². The van der Waals surface area contributed by atoms with Crippen LogP contribution in [0.2, 0.25) is 0 Å². The summed E-state index contributed by atoms with van der Waals surface area (Å²) in [6.45, 7) is 7.13. The molecule has 1 aromatic rings. The molecule has 19 heavy (non-hydrogen) atoms. The SMILES string of the molecule is CCOC(=O)C(NCC(C)C)c1cccc(OC)c1. The number of hydrogen-bond donors (Lipinski definition) is 1. The summed E-state index contributed by atoms with van der Waals surface area (Å²) in [4.78, 5) is 12.0. The van der Waals surface area contributed by atoms with E-state index in [1.54, 1.807) is 7.11 Å². The molecule has 4 heteroatoms. The lowest BCUT2D eigenvalue weighted by atomic mass is 10.1. The second kappa shape index (κ2) is 7.79. The van der Waals surface area contributed by atoms with Crippen LogP contribution in [0.3, 0.4) is 0 Å². The molecule has 0 bridgehead atoms. The van der Waals surface area contributed by atoms with Crippen molar-refractivity contribution in [2.24, 2.45) is 5.92 Å². The molecule has 0 heterocycles. The van der Waals surface area contributed by atoms with E-state index in [1.165, 1.54) is 0 Å². The minimum absolute atomic E-state index is 0.253. The van der Waals surface area contributed by atoms with Crippen LogP contribution in [0.4, 0.5) is 0 Å². The molecular weight excluding hydrogens is 242 g/mol. The number of carbonyl (C=O) groups is 1. The van der Waals surface area contributed by atoms with Crippen molar-refractivity contribution in [1.82, 2.24) is 5.32 Å². The van der Waals surface area contributed by atoms with Crippen molar-refractivity contribution in [3.05, 3.63) is 29.8 Å². The van der Waals surface area contributed by atoms with Gasteiger partial charge in [0.05, 0.1) is 13.7 Å². The topological polar surface area (TPSA) is 47.6 Å². The van der Waals surface area contributed by atoms with Gasteiger partial charge < -0.3 is 14.8 Å². The number of ether oxygens (including phenoxy) is 2. The Morgan fingerprint density at radius 1 is 1.37 bits per heavy atom. The molecule has 1 rings (SSSR count). The van der Waals surface area contributed by atoms with Crippen LogP contribution in [0, 0.1) is 5.92 Å². The maximum absolute atomic E-state index is 12.0. The van der Waals surface area contributed by atoms with Crippen LogP contribution in [0.25, 0.3) is 0 Å². The highest BCUT2D eigenvalue weighted by atomic mass is 16.5. The number of methoxy groups -OCH3 is 1. The lowest BCUT2D eigenvalue weighted by molar-refractivity contribution is -0.145. The molecule has 0 spiro atoms. The Labute approximate surface area is 115 Å². The van der Waals surface area contributed by atoms with Crippen LogP contribution in [0.5, 0.6) is 5.75 Å². The fourth-order valence-electron chi connectivity index (χ4n) is 1.74. The van der Waals surface area contributed by atoms with Gasteiger partial charge in [0.1, 0.15) is 11.8 Å². The third kappa shape index (κ3) is 4.91. The Morgan fingerprint density at radius 2 is 2.11 bits per heavy atom. The van der Waals surface area contributed by atoms with E-state index >= 15 is 0 Å². The molecule has 0 fully saturated rings. The van der Waals surface area contributed by atoms with Gasteiger partial charge in [-0.3, -0.25) is 0 Å². The fraction of sp³-hybridized carbons (Fsp3) is 0.533. The summed E-state index contributed by atoms with van der Waals surface area (Å²) in [7, 11) is 1.61. The first kappa shape index (κ1) is 15.5. The van der Waals surface area contributed by atoms with Crippen LogP contribution in [-0.2, 0) is 9.53 Å². The summed E-state index contributed by atoms with van der Waals surface area (Å²) >= 11 is 0. The molecule has 0 radical (unpaired) electrons. The highest BCUT2D eigenvalue weighted by molar-refractivity contribution is 5.77. The summed E-state index contributed by atoms with van der Waals surface area (Å²) in [5, 5.41) is 3.24. The molecule has 0 aromatic heterocycles. The number of benzene rings is 1. The molecule has 4 nitrogen and oxygen atoms in total. The van der Waals surface area contributed by atoms with E-state index in [0.717, 1.165) is 17.9 Å². The first-order valence-corrected chi connectivity index (χ1v) is 6.62. The van der Waals surface area contributed by atoms with Crippen LogP contribution in [0.15, 0.2) is 24.3 Å². The number of carbonyl (C=O) groups excluding carboxylic acids is 1. The summed E-state index contributed by atoms with van der Waals surface area (Å²) in [6, 6.07) is 7.04. The third-order valence-electron chi connectivity index (χ3n) is 2.68. The zero-order valence-electron chi connectivity index (χ0n) is 12.1. The molecule has 0 saturated carbocycles. The normalized spacial score (nSPS) is 12.3. The average Bonchev–Trinajstić information content (AvgIpc) is 2.39. The Morgan fingerprint density at radius 3 is 2.68 bits per heavy atom. The van der Waals surface area contributed by atoms with Crippen LogP contribution < -0.4 is 10.1 Å². The number of hydrogen-bond acceptors (Lipinski definition) is 4. The van der Waals surface area contributed by atoms with E-state index in [-0.39, 0.29) is 5.97 Å². The van der Waals surface area contributed by atoms with E-state index in [2.05, 4.69) is 19.2 Å². The summed E-state index contributed by atoms with van der Waals surface area (Å²) in [6.07, 6.45) is 0. The molecule has 1 N–H and O–H groups in total. The van der Waals surface area contributed by atoms with E-state index in [1.807, 2.05) is 31.2 Å². The quantitative estimate of drug-likeness (QED) is 0.770. The Bertz CT molecular complexity index is 404. The van der Waals surface area contributed by atoms with Gasteiger partial charge in [-0.2, -0.15) is 0 Å². The molecule has 1 aromatic carbocycles. The van der Waals surface area contributed by atoms with Gasteiger partial charge in [-0.25, -0.2) is 4.79 Å². The molecule has 0 aliphatic heterocycles. The van der Waals surface area contributed by atoms with Gasteiger partial charge in [0.25, 0.3) is 0 Å². The zero-order chi connectivity index (χ0) is 14.3. The summed E-state index contributed by atoms with van der Waals surface area (Å²) < 4.78 is 10.3. The van der Waals surface area contributed by atoms with Gasteiger partial charge in [-0.05, 0) is 37.1 Å². The lowest BCUT2D eigenvalue weighted by Gasteiger charge is -2.19. The number of esters is 1. The second-order valence-corrected chi connectivity index (χ2v) is 4.76. The third-order valence-corrected chi connectivity index (χ3v) is 2.68. The summed E-state index contributed by atoms with van der Waals surface area (Å²) in [5.41, 5.74) is 0.860. The molecule has 0 aliphatic carbocycles. The van der Waals surface area contributed by atoms with Crippen LogP contribution in [0.1, 0.15) is 32.4 Å². The summed E-state index contributed by atoms with van der Waals surface area (Å²) in [5.74, 6) is 0.942. The predicted molar refractivity (Wildman–Crippen MR) is 75.2 cm³/mol. The highest BCUT2D eigenvalue weighted by Crippen LogP contribution is 2.20. The van der Waals surface area contributed by atoms with Crippen molar-refractivity contribution < 1.29 is 14.3 Å². The van der Waals surface area contributed by atoms with E-state index < -0.39 is 6.04 Å². The minimum atomic E-state index is -0.447. The molecule has 1 atom stereocenters. The zero-order valence-corrected chi connectivity index (χ0v) is 12.1. The van der Waals surface area contributed by atoms with E-state index in [9.17, 15) is 4.79 Å². The number of nitrogens with one attached hydrogen (secondary N) is 1. The number of rotatable bonds is 7. The monoisotopic (exact) mass is 265 g/mol. The van der Waals surface area contributed by atoms with Crippen molar-refractivity contribution >= 4 is 5.97 Å². The molecule has 1 unspecified atom stereocenters. The maximum Gasteiger partial charge on any atom is 0.327 e. The standard InChI is InChI=1S/C15H23NO3/c1-5-19-15(17)14(16-10-11(2)3)12-7-6-8-13(9-12)18-4/h6-9,11,14,16H,5,10H2,1-4H3. The van der Waals surface area contributed by atoms with Crippen LogP contribution >= 0.6 is 0 Å². The van der Waals surface area contributed by atoms with E-state index in [0.29, 0.717) is 12.5 Å². The molecule has 0 aliphatic rings. The first-order chi connectivity index (χ1) is 9.08. The van der Waals surface area contributed by atoms with Gasteiger partial charge in [-0.1, -0.05) is 26.0 Å². The van der Waals surface area contributed by atoms with Crippen molar-refractivity contribution in [1.29, 1.82) is 0 Å². The largest absolute Gasteiger partial charge is 0.497 e. The highest BCUT2D eigenvalue weighted by Gasteiger charge is 2.22. The van der Waals surface area contributed by atoms with E-state index in [4.69, 9.17) is 9.47 Å². The van der Waals surface area contributed by atoms with Gasteiger partial charge >= 0.3 is 5.97 Å². The van der Waals surface area contributed by atoms with Gasteiger partial charge in [0.2, 0.25) is 0 Å². The lowest BCUT2D eigenvalue weighted by Crippen LogP contribution is -2.32. The van der Waals surface area contributed by atoms with Gasteiger partial charge in [-0.15, -0.1) is 0 Å². The van der Waals surface area contributed by atoms with Crippen molar-refractivity contribution in [3.8, 4) is 5.75 Å². The van der Waals surface area contributed by atoms with Crippen molar-refractivity contribution in [3.63, 3.8) is 0 Å². The molecular formula is C15H23NO3. The van der Waals surface area contributed by atoms with Gasteiger partial charge in [0, 0.05) is 0 Å². The molecule has 106 valence electrons. The average molecular weight is 265 g/mol. The Hall–Kier alpha value is -1.55. The van der Waals surface area contributed by atoms with Crippen molar-refractivity contribution in [2.45, 2.75) is 26.8 Å². The first-order valence-electron chi connectivity index (χ1n) is 6.62. The Balaban J connectivity index is 2.90. The van der Waals surface area contributed by atoms with Crippen molar-refractivity contribution in [2.75, 3.05) is 20.3 Å². The minimum Gasteiger partial charge on any atom is -0.497 e. The molecule has 0 saturated heterocycles. The predicted octanol–water partition coefficient (Wildman–Crippen LogP) is 2.55. The Kier molecular flexibility index (Phi) is 6.36. The fourth-order valence-corrected chi connectivity index (χ4v) is 1.74.